The van der Waals surface area contributed by atoms with Gasteiger partial charge in [-0.15, -0.1) is 0 Å². The van der Waals surface area contributed by atoms with Crippen molar-refractivity contribution in [1.82, 2.24) is 9.55 Å². The SMILES string of the molecule is CCc1cccc(C)c1N(C(=O)Cn1c(C=Cc2ccc(Cl)cc2)nc2ccccc21)C(C)C. The van der Waals surface area contributed by atoms with E-state index < -0.39 is 0 Å². The monoisotopic (exact) mass is 471 g/mol. The molecule has 34 heavy (non-hydrogen) atoms. The first-order valence-corrected chi connectivity index (χ1v) is 12.1. The number of hydrogen-bond acceptors (Lipinski definition) is 2. The number of anilines is 1. The molecule has 4 nitrogen and oxygen atoms in total. The third-order valence-corrected chi connectivity index (χ3v) is 6.25. The lowest BCUT2D eigenvalue weighted by Crippen LogP contribution is -2.40. The van der Waals surface area contributed by atoms with E-state index in [0.717, 1.165) is 40.1 Å². The first-order chi connectivity index (χ1) is 16.4. The number of fused-ring (bicyclic) bond motifs is 1. The Morgan fingerprint density at radius 3 is 2.47 bits per heavy atom. The first kappa shape index (κ1) is 23.8. The molecular formula is C29H30ClN3O. The summed E-state index contributed by atoms with van der Waals surface area (Å²) in [6.45, 7) is 8.54. The van der Waals surface area contributed by atoms with Gasteiger partial charge in [0.05, 0.1) is 16.7 Å². The van der Waals surface area contributed by atoms with Crippen LogP contribution in [0.25, 0.3) is 23.2 Å². The van der Waals surface area contributed by atoms with E-state index in [0.29, 0.717) is 5.02 Å². The van der Waals surface area contributed by atoms with Gasteiger partial charge in [0.25, 0.3) is 0 Å². The number of aromatic nitrogens is 2. The quantitative estimate of drug-likeness (QED) is 0.286. The van der Waals surface area contributed by atoms with Gasteiger partial charge in [0, 0.05) is 11.1 Å². The first-order valence-electron chi connectivity index (χ1n) is 11.7. The molecule has 0 fully saturated rings. The van der Waals surface area contributed by atoms with Gasteiger partial charge in [-0.05, 0) is 74.2 Å². The molecule has 4 rings (SSSR count). The van der Waals surface area contributed by atoms with E-state index in [1.807, 2.05) is 70.1 Å². The topological polar surface area (TPSA) is 38.1 Å². The minimum atomic E-state index is 0.0294. The lowest BCUT2D eigenvalue weighted by molar-refractivity contribution is -0.119. The molecule has 3 aromatic carbocycles. The zero-order valence-corrected chi connectivity index (χ0v) is 20.9. The molecule has 0 saturated carbocycles. The number of imidazole rings is 1. The van der Waals surface area contributed by atoms with E-state index in [1.54, 1.807) is 0 Å². The predicted molar refractivity (Wildman–Crippen MR) is 143 cm³/mol. The van der Waals surface area contributed by atoms with Crippen molar-refractivity contribution in [2.45, 2.75) is 46.7 Å². The van der Waals surface area contributed by atoms with Gasteiger partial charge in [0.2, 0.25) is 5.91 Å². The molecule has 174 valence electrons. The summed E-state index contributed by atoms with van der Waals surface area (Å²) < 4.78 is 2.00. The summed E-state index contributed by atoms with van der Waals surface area (Å²) in [6.07, 6.45) is 4.83. The smallest absolute Gasteiger partial charge is 0.247 e. The van der Waals surface area contributed by atoms with Crippen molar-refractivity contribution in [3.8, 4) is 0 Å². The molecule has 0 aliphatic heterocycles. The van der Waals surface area contributed by atoms with E-state index >= 15 is 0 Å². The van der Waals surface area contributed by atoms with Crippen molar-refractivity contribution in [3.05, 3.63) is 94.3 Å². The average molecular weight is 472 g/mol. The Hall–Kier alpha value is -3.37. The van der Waals surface area contributed by atoms with Crippen molar-refractivity contribution in [1.29, 1.82) is 0 Å². The van der Waals surface area contributed by atoms with E-state index in [2.05, 4.69) is 45.9 Å². The summed E-state index contributed by atoms with van der Waals surface area (Å²) in [5, 5.41) is 0.700. The second-order valence-electron chi connectivity index (χ2n) is 8.72. The average Bonchev–Trinajstić information content (AvgIpc) is 3.17. The van der Waals surface area contributed by atoms with Gasteiger partial charge < -0.3 is 9.47 Å². The van der Waals surface area contributed by atoms with Crippen molar-refractivity contribution in [3.63, 3.8) is 0 Å². The molecule has 1 amide bonds. The standard InChI is InChI=1S/C29H30ClN3O/c1-5-23-10-8-9-21(4)29(23)33(20(2)3)28(34)19-32-26-12-7-6-11-25(26)31-27(32)18-15-22-13-16-24(30)17-14-22/h6-18,20H,5,19H2,1-4H3. The molecule has 5 heteroatoms. The van der Waals surface area contributed by atoms with Crippen LogP contribution < -0.4 is 4.90 Å². The summed E-state index contributed by atoms with van der Waals surface area (Å²) in [7, 11) is 0. The minimum absolute atomic E-state index is 0.0294. The molecule has 1 heterocycles. The Morgan fingerprint density at radius 2 is 1.76 bits per heavy atom. The van der Waals surface area contributed by atoms with Crippen LogP contribution in [-0.4, -0.2) is 21.5 Å². The summed E-state index contributed by atoms with van der Waals surface area (Å²) in [5.41, 5.74) is 6.14. The number of nitrogens with zero attached hydrogens (tertiary/aromatic N) is 3. The maximum absolute atomic E-state index is 13.8. The van der Waals surface area contributed by atoms with Gasteiger partial charge in [-0.2, -0.15) is 0 Å². The normalized spacial score (nSPS) is 11.6. The summed E-state index contributed by atoms with van der Waals surface area (Å²) >= 11 is 6.02. The van der Waals surface area contributed by atoms with Gasteiger partial charge in [-0.3, -0.25) is 4.79 Å². The molecule has 0 aliphatic carbocycles. The van der Waals surface area contributed by atoms with Crippen LogP contribution in [0, 0.1) is 6.92 Å². The Labute approximate surface area is 206 Å². The molecule has 0 bridgehead atoms. The molecule has 0 unspecified atom stereocenters. The number of amides is 1. The van der Waals surface area contributed by atoms with Crippen molar-refractivity contribution >= 4 is 46.4 Å². The zero-order valence-electron chi connectivity index (χ0n) is 20.1. The lowest BCUT2D eigenvalue weighted by Gasteiger charge is -2.31. The van der Waals surface area contributed by atoms with Crippen LogP contribution in [0.1, 0.15) is 43.3 Å². The second-order valence-corrected chi connectivity index (χ2v) is 9.16. The summed E-state index contributed by atoms with van der Waals surface area (Å²) in [5.74, 6) is 0.789. The highest BCUT2D eigenvalue weighted by atomic mass is 35.5. The van der Waals surface area contributed by atoms with Crippen LogP contribution in [-0.2, 0) is 17.8 Å². The van der Waals surface area contributed by atoms with Crippen LogP contribution in [0.4, 0.5) is 5.69 Å². The van der Waals surface area contributed by atoms with Crippen molar-refractivity contribution in [2.75, 3.05) is 4.90 Å². The molecule has 0 saturated heterocycles. The maximum Gasteiger partial charge on any atom is 0.247 e. The van der Waals surface area contributed by atoms with Crippen LogP contribution in [0.3, 0.4) is 0 Å². The molecule has 0 aliphatic rings. The number of halogens is 1. The van der Waals surface area contributed by atoms with Gasteiger partial charge in [0.1, 0.15) is 12.4 Å². The number of hydrogen-bond donors (Lipinski definition) is 0. The van der Waals surface area contributed by atoms with Crippen molar-refractivity contribution < 1.29 is 4.79 Å². The maximum atomic E-state index is 13.8. The number of carbonyl (C=O) groups is 1. The lowest BCUT2D eigenvalue weighted by atomic mass is 10.0. The Kier molecular flexibility index (Phi) is 7.18. The van der Waals surface area contributed by atoms with Gasteiger partial charge in [0.15, 0.2) is 0 Å². The highest BCUT2D eigenvalue weighted by Crippen LogP contribution is 2.29. The summed E-state index contributed by atoms with van der Waals surface area (Å²) in [6, 6.07) is 21.9. The Morgan fingerprint density at radius 1 is 1.03 bits per heavy atom. The molecular weight excluding hydrogens is 442 g/mol. The fourth-order valence-electron chi connectivity index (χ4n) is 4.36. The molecule has 1 aromatic heterocycles. The Bertz CT molecular complexity index is 1340. The minimum Gasteiger partial charge on any atom is -0.315 e. The molecule has 0 atom stereocenters. The molecule has 0 N–H and O–H groups in total. The molecule has 4 aromatic rings. The number of carbonyl (C=O) groups excluding carboxylic acids is 1. The van der Waals surface area contributed by atoms with Crippen LogP contribution >= 0.6 is 11.6 Å². The second kappa shape index (κ2) is 10.3. The van der Waals surface area contributed by atoms with E-state index in [1.165, 1.54) is 5.56 Å². The number of rotatable bonds is 7. The van der Waals surface area contributed by atoms with Gasteiger partial charge in [-0.1, -0.05) is 67.1 Å². The van der Waals surface area contributed by atoms with E-state index in [9.17, 15) is 4.79 Å². The van der Waals surface area contributed by atoms with Crippen LogP contribution in [0.5, 0.6) is 0 Å². The third kappa shape index (κ3) is 4.92. The number of para-hydroxylation sites is 3. The van der Waals surface area contributed by atoms with Gasteiger partial charge >= 0.3 is 0 Å². The largest absolute Gasteiger partial charge is 0.315 e. The zero-order chi connectivity index (χ0) is 24.2. The Balaban J connectivity index is 1.74. The number of aryl methyl sites for hydroxylation is 2. The highest BCUT2D eigenvalue weighted by molar-refractivity contribution is 6.30. The molecule has 0 radical (unpaired) electrons. The third-order valence-electron chi connectivity index (χ3n) is 6.00. The van der Waals surface area contributed by atoms with E-state index in [-0.39, 0.29) is 18.5 Å². The fourth-order valence-corrected chi connectivity index (χ4v) is 4.49. The predicted octanol–water partition coefficient (Wildman–Crippen LogP) is 7.17. The van der Waals surface area contributed by atoms with Crippen LogP contribution in [0.2, 0.25) is 5.02 Å². The van der Waals surface area contributed by atoms with Crippen LogP contribution in [0.15, 0.2) is 66.7 Å². The summed E-state index contributed by atoms with van der Waals surface area (Å²) in [4.78, 5) is 20.6. The number of benzene rings is 3. The van der Waals surface area contributed by atoms with Gasteiger partial charge in [-0.25, -0.2) is 4.98 Å². The fraction of sp³-hybridized carbons (Fsp3) is 0.241. The van der Waals surface area contributed by atoms with Crippen molar-refractivity contribution in [2.24, 2.45) is 0 Å². The van der Waals surface area contributed by atoms with E-state index in [4.69, 9.17) is 16.6 Å². The highest BCUT2D eigenvalue weighted by Gasteiger charge is 2.24. The molecule has 0 spiro atoms.